The molecule has 2 aliphatic rings. The maximum Gasteiger partial charge on any atom is -0.0238 e. The third-order valence-electron chi connectivity index (χ3n) is 4.50. The highest BCUT2D eigenvalue weighted by Crippen LogP contribution is 2.72. The van der Waals surface area contributed by atoms with E-state index < -0.39 is 0 Å². The normalized spacial score (nSPS) is 43.8. The van der Waals surface area contributed by atoms with Crippen molar-refractivity contribution in [3.8, 4) is 0 Å². The Kier molecular flexibility index (Phi) is 1.79. The second-order valence-electron chi connectivity index (χ2n) is 5.74. The highest BCUT2D eigenvalue weighted by Gasteiger charge is 2.62. The van der Waals surface area contributed by atoms with Gasteiger partial charge in [-0.15, -0.1) is 0 Å². The summed E-state index contributed by atoms with van der Waals surface area (Å²) in [7, 11) is 0. The van der Waals surface area contributed by atoms with E-state index in [0.29, 0.717) is 5.41 Å². The van der Waals surface area contributed by atoms with Gasteiger partial charge in [0.2, 0.25) is 0 Å². The van der Waals surface area contributed by atoms with Crippen molar-refractivity contribution in [2.45, 2.75) is 59.3 Å². The molecule has 2 saturated carbocycles. The smallest absolute Gasteiger partial charge is 0.0238 e. The molecule has 2 unspecified atom stereocenters. The minimum absolute atomic E-state index is 0.704. The Morgan fingerprint density at radius 2 is 2.00 bits per heavy atom. The molecule has 0 amide bonds. The van der Waals surface area contributed by atoms with Gasteiger partial charge in [0.25, 0.3) is 0 Å². The second-order valence-corrected chi connectivity index (χ2v) is 5.74. The predicted octanol–water partition coefficient (Wildman–Crippen LogP) is 4.00. The summed E-state index contributed by atoms with van der Waals surface area (Å²) in [6.45, 7) is 7.24. The Bertz CT molecular complexity index is 180. The Balaban J connectivity index is 1.92. The van der Waals surface area contributed by atoms with Gasteiger partial charge in [0.05, 0.1) is 0 Å². The zero-order chi connectivity index (χ0) is 8.82. The van der Waals surface area contributed by atoms with Gasteiger partial charge in [0, 0.05) is 0 Å². The lowest BCUT2D eigenvalue weighted by Gasteiger charge is -2.13. The zero-order valence-electron chi connectivity index (χ0n) is 8.82. The molecule has 0 N–H and O–H groups in total. The topological polar surface area (TPSA) is 0 Å². The maximum atomic E-state index is 2.46. The fraction of sp³-hybridized carbons (Fsp3) is 1.00. The first-order valence-electron chi connectivity index (χ1n) is 5.60. The van der Waals surface area contributed by atoms with Crippen molar-refractivity contribution in [1.29, 1.82) is 0 Å². The van der Waals surface area contributed by atoms with E-state index in [9.17, 15) is 0 Å². The summed E-state index contributed by atoms with van der Waals surface area (Å²) >= 11 is 0. The fourth-order valence-corrected chi connectivity index (χ4v) is 3.47. The third kappa shape index (κ3) is 1.11. The lowest BCUT2D eigenvalue weighted by molar-refractivity contribution is 0.369. The molecule has 12 heavy (non-hydrogen) atoms. The summed E-state index contributed by atoms with van der Waals surface area (Å²) < 4.78 is 0. The van der Waals surface area contributed by atoms with Crippen molar-refractivity contribution in [2.75, 3.05) is 0 Å². The van der Waals surface area contributed by atoms with E-state index in [1.807, 2.05) is 0 Å². The molecule has 1 spiro atoms. The number of hydrogen-bond donors (Lipinski definition) is 0. The molecular weight excluding hydrogens is 144 g/mol. The minimum Gasteiger partial charge on any atom is -0.0654 e. The molecule has 0 heterocycles. The van der Waals surface area contributed by atoms with Crippen LogP contribution in [-0.4, -0.2) is 0 Å². The van der Waals surface area contributed by atoms with E-state index in [1.165, 1.54) is 32.1 Å². The summed E-state index contributed by atoms with van der Waals surface area (Å²) in [4.78, 5) is 0. The maximum absolute atomic E-state index is 2.46. The average molecular weight is 166 g/mol. The van der Waals surface area contributed by atoms with Crippen LogP contribution in [0, 0.1) is 16.7 Å². The molecule has 0 nitrogen and oxygen atoms in total. The first kappa shape index (κ1) is 8.59. The number of hydrogen-bond acceptors (Lipinski definition) is 0. The van der Waals surface area contributed by atoms with Crippen LogP contribution in [0.3, 0.4) is 0 Å². The van der Waals surface area contributed by atoms with Crippen LogP contribution in [0.2, 0.25) is 0 Å². The van der Waals surface area contributed by atoms with E-state index in [1.54, 1.807) is 6.42 Å². The van der Waals surface area contributed by atoms with Crippen molar-refractivity contribution in [2.24, 2.45) is 16.7 Å². The Morgan fingerprint density at radius 1 is 1.33 bits per heavy atom. The van der Waals surface area contributed by atoms with E-state index >= 15 is 0 Å². The van der Waals surface area contributed by atoms with Crippen molar-refractivity contribution in [3.63, 3.8) is 0 Å². The van der Waals surface area contributed by atoms with Crippen LogP contribution in [0.1, 0.15) is 59.3 Å². The summed E-state index contributed by atoms with van der Waals surface area (Å²) in [5, 5.41) is 0. The summed E-state index contributed by atoms with van der Waals surface area (Å²) in [6.07, 6.45) is 9.00. The SMILES string of the molecule is CCCC1CCC2(C1)CC2(C)C. The van der Waals surface area contributed by atoms with Crippen molar-refractivity contribution < 1.29 is 0 Å². The van der Waals surface area contributed by atoms with Crippen LogP contribution in [0.5, 0.6) is 0 Å². The van der Waals surface area contributed by atoms with Gasteiger partial charge in [-0.2, -0.15) is 0 Å². The minimum atomic E-state index is 0.704. The molecular formula is C12H22. The van der Waals surface area contributed by atoms with E-state index in [4.69, 9.17) is 0 Å². The van der Waals surface area contributed by atoms with Crippen molar-refractivity contribution in [1.82, 2.24) is 0 Å². The molecule has 0 aromatic carbocycles. The van der Waals surface area contributed by atoms with Gasteiger partial charge in [-0.25, -0.2) is 0 Å². The molecule has 0 bridgehead atoms. The summed E-state index contributed by atoms with van der Waals surface area (Å²) in [5.41, 5.74) is 1.52. The third-order valence-corrected chi connectivity index (χ3v) is 4.50. The monoisotopic (exact) mass is 166 g/mol. The average Bonchev–Trinajstić information content (AvgIpc) is 2.39. The first-order chi connectivity index (χ1) is 5.60. The van der Waals surface area contributed by atoms with Gasteiger partial charge in [-0.1, -0.05) is 33.6 Å². The summed E-state index contributed by atoms with van der Waals surface area (Å²) in [6, 6.07) is 0. The van der Waals surface area contributed by atoms with Crippen molar-refractivity contribution in [3.05, 3.63) is 0 Å². The van der Waals surface area contributed by atoms with Crippen LogP contribution in [0.4, 0.5) is 0 Å². The summed E-state index contributed by atoms with van der Waals surface area (Å²) in [5.74, 6) is 1.08. The molecule has 70 valence electrons. The molecule has 0 aromatic rings. The van der Waals surface area contributed by atoms with Gasteiger partial charge in [0.1, 0.15) is 0 Å². The lowest BCUT2D eigenvalue weighted by atomic mass is 9.92. The Morgan fingerprint density at radius 3 is 2.42 bits per heavy atom. The van der Waals surface area contributed by atoms with Crippen LogP contribution >= 0.6 is 0 Å². The highest BCUT2D eigenvalue weighted by atomic mass is 14.7. The van der Waals surface area contributed by atoms with E-state index in [-0.39, 0.29) is 0 Å². The standard InChI is InChI=1S/C12H22/c1-4-5-10-6-7-12(8-10)9-11(12,2)3/h10H,4-9H2,1-3H3. The lowest BCUT2D eigenvalue weighted by Crippen LogP contribution is -2.04. The quantitative estimate of drug-likeness (QED) is 0.581. The zero-order valence-corrected chi connectivity index (χ0v) is 8.82. The van der Waals surface area contributed by atoms with Gasteiger partial charge < -0.3 is 0 Å². The van der Waals surface area contributed by atoms with Gasteiger partial charge in [0.15, 0.2) is 0 Å². The van der Waals surface area contributed by atoms with Crippen LogP contribution in [0.25, 0.3) is 0 Å². The van der Waals surface area contributed by atoms with E-state index in [2.05, 4.69) is 20.8 Å². The Hall–Kier alpha value is 0. The molecule has 2 aliphatic carbocycles. The molecule has 0 heteroatoms. The number of rotatable bonds is 2. The molecule has 0 saturated heterocycles. The van der Waals surface area contributed by atoms with Gasteiger partial charge >= 0.3 is 0 Å². The molecule has 2 fully saturated rings. The van der Waals surface area contributed by atoms with E-state index in [0.717, 1.165) is 11.3 Å². The fourth-order valence-electron chi connectivity index (χ4n) is 3.47. The van der Waals surface area contributed by atoms with Gasteiger partial charge in [-0.3, -0.25) is 0 Å². The molecule has 0 radical (unpaired) electrons. The van der Waals surface area contributed by atoms with Crippen LogP contribution in [0.15, 0.2) is 0 Å². The first-order valence-corrected chi connectivity index (χ1v) is 5.60. The van der Waals surface area contributed by atoms with Crippen molar-refractivity contribution >= 4 is 0 Å². The second kappa shape index (κ2) is 2.49. The largest absolute Gasteiger partial charge is 0.0654 e. The molecule has 2 rings (SSSR count). The molecule has 2 atom stereocenters. The molecule has 0 aliphatic heterocycles. The van der Waals surface area contributed by atoms with Crippen LogP contribution in [-0.2, 0) is 0 Å². The predicted molar refractivity (Wildman–Crippen MR) is 53.1 cm³/mol. The van der Waals surface area contributed by atoms with Crippen LogP contribution < -0.4 is 0 Å². The highest BCUT2D eigenvalue weighted by molar-refractivity contribution is 5.12. The van der Waals surface area contributed by atoms with Gasteiger partial charge in [-0.05, 0) is 42.4 Å². The Labute approximate surface area is 76.7 Å². The molecule has 0 aromatic heterocycles.